The first-order chi connectivity index (χ1) is 11.9. The Morgan fingerprint density at radius 1 is 1.12 bits per heavy atom. The molecule has 2 bridgehead atoms. The molecule has 0 aliphatic carbocycles. The van der Waals surface area contributed by atoms with E-state index >= 15 is 0 Å². The van der Waals surface area contributed by atoms with E-state index in [0.717, 1.165) is 37.4 Å². The van der Waals surface area contributed by atoms with Gasteiger partial charge in [-0.05, 0) is 36.5 Å². The zero-order valence-corrected chi connectivity index (χ0v) is 15.5. The normalized spacial score (nSPS) is 27.0. The summed E-state index contributed by atoms with van der Waals surface area (Å²) in [7, 11) is -0.143. The topological polar surface area (TPSA) is 62.3 Å². The molecule has 138 valence electrons. The van der Waals surface area contributed by atoms with E-state index in [9.17, 15) is 8.42 Å². The number of hydrogen-bond donors (Lipinski definition) is 0. The molecule has 3 saturated heterocycles. The molecule has 0 N–H and O–H groups in total. The third-order valence-electron chi connectivity index (χ3n) is 5.40. The van der Waals surface area contributed by atoms with E-state index in [1.54, 1.807) is 18.4 Å². The fraction of sp³-hybridized carbons (Fsp3) is 0.647. The Morgan fingerprint density at radius 3 is 2.72 bits per heavy atom. The number of nitrogens with zero attached hydrogens (tertiary/aromatic N) is 3. The molecule has 8 heteroatoms. The van der Waals surface area contributed by atoms with Gasteiger partial charge in [0.2, 0.25) is 6.79 Å². The van der Waals surface area contributed by atoms with Gasteiger partial charge in [-0.25, -0.2) is 0 Å². The fourth-order valence-corrected chi connectivity index (χ4v) is 5.24. The maximum absolute atomic E-state index is 12.6. The van der Waals surface area contributed by atoms with Crippen molar-refractivity contribution in [2.45, 2.75) is 25.4 Å². The Hall–Kier alpha value is -1.35. The van der Waals surface area contributed by atoms with Gasteiger partial charge >= 0.3 is 0 Å². The Bertz CT molecular complexity index is 752. The molecule has 0 aromatic heterocycles. The maximum atomic E-state index is 12.6. The molecule has 0 radical (unpaired) electrons. The van der Waals surface area contributed by atoms with E-state index in [4.69, 9.17) is 9.47 Å². The lowest BCUT2D eigenvalue weighted by Gasteiger charge is -2.36. The van der Waals surface area contributed by atoms with E-state index < -0.39 is 10.2 Å². The highest BCUT2D eigenvalue weighted by atomic mass is 32.2. The van der Waals surface area contributed by atoms with Gasteiger partial charge in [-0.2, -0.15) is 17.0 Å². The molecule has 1 aromatic carbocycles. The minimum atomic E-state index is -3.35. The third-order valence-corrected chi connectivity index (χ3v) is 7.28. The van der Waals surface area contributed by atoms with Crippen LogP contribution >= 0.6 is 0 Å². The molecule has 25 heavy (non-hydrogen) atoms. The van der Waals surface area contributed by atoms with Crippen molar-refractivity contribution in [3.8, 4) is 11.5 Å². The van der Waals surface area contributed by atoms with Crippen LogP contribution in [0.4, 0.5) is 0 Å². The Kier molecular flexibility index (Phi) is 4.39. The summed E-state index contributed by atoms with van der Waals surface area (Å²) in [4.78, 5) is 2.43. The smallest absolute Gasteiger partial charge is 0.281 e. The van der Waals surface area contributed by atoms with Crippen LogP contribution in [-0.2, 0) is 16.8 Å². The molecular formula is C17H25N3O4S. The number of benzene rings is 1. The Labute approximate surface area is 149 Å². The predicted molar refractivity (Wildman–Crippen MR) is 93.7 cm³/mol. The maximum Gasteiger partial charge on any atom is 0.281 e. The van der Waals surface area contributed by atoms with Gasteiger partial charge in [0.15, 0.2) is 11.5 Å². The molecule has 3 fully saturated rings. The average molecular weight is 367 g/mol. The van der Waals surface area contributed by atoms with E-state index in [-0.39, 0.29) is 12.8 Å². The summed E-state index contributed by atoms with van der Waals surface area (Å²) >= 11 is 0. The summed E-state index contributed by atoms with van der Waals surface area (Å²) in [5.41, 5.74) is 1.18. The van der Waals surface area contributed by atoms with Crippen molar-refractivity contribution >= 4 is 10.2 Å². The van der Waals surface area contributed by atoms with Crippen LogP contribution < -0.4 is 9.47 Å². The number of piperidine rings is 1. The molecule has 4 aliphatic rings. The standard InChI is InChI=1S/C17H25N3O4S/c1-18(2)25(21,22)20-10-14-3-5-15(11-20)19(9-14)8-13-4-6-16-17(7-13)24-12-23-16/h4,6-7,14-15H,3,5,8-12H2,1-2H3/t14-,15-/m0/s1. The molecule has 7 nitrogen and oxygen atoms in total. The highest BCUT2D eigenvalue weighted by Gasteiger charge is 2.39. The first-order valence-corrected chi connectivity index (χ1v) is 10.1. The molecule has 4 aliphatic heterocycles. The predicted octanol–water partition coefficient (Wildman–Crippen LogP) is 1.12. The van der Waals surface area contributed by atoms with Crippen molar-refractivity contribution in [3.05, 3.63) is 23.8 Å². The molecule has 0 spiro atoms. The number of hydrogen-bond acceptors (Lipinski definition) is 5. The van der Waals surface area contributed by atoms with Crippen LogP contribution in [0, 0.1) is 5.92 Å². The number of ether oxygens (including phenoxy) is 2. The van der Waals surface area contributed by atoms with Gasteiger partial charge in [-0.1, -0.05) is 6.07 Å². The largest absolute Gasteiger partial charge is 0.454 e. The van der Waals surface area contributed by atoms with E-state index in [1.165, 1.54) is 9.87 Å². The van der Waals surface area contributed by atoms with Crippen LogP contribution in [0.25, 0.3) is 0 Å². The van der Waals surface area contributed by atoms with Gasteiger partial charge in [-0.15, -0.1) is 0 Å². The van der Waals surface area contributed by atoms with Crippen molar-refractivity contribution < 1.29 is 17.9 Å². The summed E-state index contributed by atoms with van der Waals surface area (Å²) in [6, 6.07) is 6.32. The second-order valence-corrected chi connectivity index (χ2v) is 9.46. The highest BCUT2D eigenvalue weighted by molar-refractivity contribution is 7.86. The molecule has 2 atom stereocenters. The van der Waals surface area contributed by atoms with Crippen LogP contribution in [-0.4, -0.2) is 68.5 Å². The van der Waals surface area contributed by atoms with Crippen molar-refractivity contribution in [2.75, 3.05) is 40.5 Å². The van der Waals surface area contributed by atoms with Crippen molar-refractivity contribution in [2.24, 2.45) is 5.92 Å². The molecule has 5 rings (SSSR count). The van der Waals surface area contributed by atoms with Gasteiger partial charge in [0.25, 0.3) is 10.2 Å². The van der Waals surface area contributed by atoms with Crippen molar-refractivity contribution in [1.29, 1.82) is 0 Å². The van der Waals surface area contributed by atoms with Gasteiger partial charge in [0.1, 0.15) is 0 Å². The number of rotatable bonds is 4. The molecule has 4 heterocycles. The van der Waals surface area contributed by atoms with Crippen LogP contribution in [0.3, 0.4) is 0 Å². The lowest BCUT2D eigenvalue weighted by atomic mass is 9.94. The van der Waals surface area contributed by atoms with Crippen molar-refractivity contribution in [3.63, 3.8) is 0 Å². The quantitative estimate of drug-likeness (QED) is 0.798. The highest BCUT2D eigenvalue weighted by Crippen LogP contribution is 2.35. The molecule has 0 amide bonds. The van der Waals surface area contributed by atoms with E-state index in [0.29, 0.717) is 19.0 Å². The minimum Gasteiger partial charge on any atom is -0.454 e. The van der Waals surface area contributed by atoms with Crippen LogP contribution in [0.2, 0.25) is 0 Å². The summed E-state index contributed by atoms with van der Waals surface area (Å²) in [6.07, 6.45) is 2.15. The van der Waals surface area contributed by atoms with Gasteiger partial charge in [-0.3, -0.25) is 4.90 Å². The lowest BCUT2D eigenvalue weighted by Crippen LogP contribution is -2.45. The zero-order valence-electron chi connectivity index (χ0n) is 14.7. The van der Waals surface area contributed by atoms with Gasteiger partial charge < -0.3 is 9.47 Å². The Morgan fingerprint density at radius 2 is 1.92 bits per heavy atom. The summed E-state index contributed by atoms with van der Waals surface area (Å²) in [6.45, 7) is 3.23. The second kappa shape index (κ2) is 6.42. The summed E-state index contributed by atoms with van der Waals surface area (Å²) in [5, 5.41) is 0. The van der Waals surface area contributed by atoms with Crippen LogP contribution in [0.1, 0.15) is 18.4 Å². The SMILES string of the molecule is CN(C)S(=O)(=O)N1C[C@H]2CC[C@@H](C1)N(Cc1ccc3c(c1)OCO3)C2. The molecule has 1 aromatic rings. The molecular weight excluding hydrogens is 342 g/mol. The fourth-order valence-electron chi connectivity index (χ4n) is 4.02. The number of fused-ring (bicyclic) bond motifs is 5. The van der Waals surface area contributed by atoms with Crippen LogP contribution in [0.5, 0.6) is 11.5 Å². The average Bonchev–Trinajstić information content (AvgIpc) is 2.84. The van der Waals surface area contributed by atoms with E-state index in [2.05, 4.69) is 11.0 Å². The summed E-state index contributed by atoms with van der Waals surface area (Å²) < 4.78 is 38.9. The zero-order chi connectivity index (χ0) is 17.6. The molecule has 0 unspecified atom stereocenters. The first-order valence-electron chi connectivity index (χ1n) is 8.73. The van der Waals surface area contributed by atoms with Crippen molar-refractivity contribution in [1.82, 2.24) is 13.5 Å². The summed E-state index contributed by atoms with van der Waals surface area (Å²) in [5.74, 6) is 1.99. The van der Waals surface area contributed by atoms with Gasteiger partial charge in [0.05, 0.1) is 0 Å². The Balaban J connectivity index is 1.51. The third kappa shape index (κ3) is 3.23. The van der Waals surface area contributed by atoms with E-state index in [1.807, 2.05) is 12.1 Å². The lowest BCUT2D eigenvalue weighted by molar-refractivity contribution is 0.125. The minimum absolute atomic E-state index is 0.263. The second-order valence-electron chi connectivity index (χ2n) is 7.32. The van der Waals surface area contributed by atoms with Crippen LogP contribution in [0.15, 0.2) is 18.2 Å². The monoisotopic (exact) mass is 367 g/mol. The first kappa shape index (κ1) is 17.1. The molecule has 0 saturated carbocycles. The van der Waals surface area contributed by atoms with Gasteiger partial charge in [0, 0.05) is 46.3 Å².